The van der Waals surface area contributed by atoms with Crippen LogP contribution in [0.3, 0.4) is 0 Å². The molecule has 0 bridgehead atoms. The molecule has 0 aliphatic carbocycles. The molecule has 0 aromatic heterocycles. The van der Waals surface area contributed by atoms with Crippen LogP contribution in [0.25, 0.3) is 0 Å². The summed E-state index contributed by atoms with van der Waals surface area (Å²) in [4.78, 5) is 22.0. The lowest BCUT2D eigenvalue weighted by Crippen LogP contribution is -2.17. The standard InChI is InChI=1S/C14H22O4/c1-5-12(18-14(16)7-3)10-8-9-11(4)17-13(15)6-2/h6-7,11-12H,2-3,5,8-10H2,1,4H3. The third-order valence-electron chi connectivity index (χ3n) is 2.53. The molecule has 0 amide bonds. The van der Waals surface area contributed by atoms with Crippen molar-refractivity contribution < 1.29 is 19.1 Å². The lowest BCUT2D eigenvalue weighted by molar-refractivity contribution is -0.143. The number of ether oxygens (including phenoxy) is 2. The maximum Gasteiger partial charge on any atom is 0.330 e. The van der Waals surface area contributed by atoms with E-state index in [1.54, 1.807) is 0 Å². The topological polar surface area (TPSA) is 52.6 Å². The van der Waals surface area contributed by atoms with Crippen LogP contribution >= 0.6 is 0 Å². The van der Waals surface area contributed by atoms with E-state index in [0.717, 1.165) is 37.8 Å². The lowest BCUT2D eigenvalue weighted by Gasteiger charge is -2.16. The second kappa shape index (κ2) is 9.45. The average Bonchev–Trinajstić information content (AvgIpc) is 2.36. The van der Waals surface area contributed by atoms with Crippen molar-refractivity contribution in [3.05, 3.63) is 25.3 Å². The molecular weight excluding hydrogens is 232 g/mol. The van der Waals surface area contributed by atoms with Gasteiger partial charge in [-0.15, -0.1) is 0 Å². The van der Waals surface area contributed by atoms with Crippen LogP contribution in [0.5, 0.6) is 0 Å². The van der Waals surface area contributed by atoms with Crippen LogP contribution in [0, 0.1) is 0 Å². The smallest absolute Gasteiger partial charge is 0.330 e. The fourth-order valence-electron chi connectivity index (χ4n) is 1.50. The minimum Gasteiger partial charge on any atom is -0.460 e. The summed E-state index contributed by atoms with van der Waals surface area (Å²) < 4.78 is 10.2. The molecule has 0 radical (unpaired) electrons. The fourth-order valence-corrected chi connectivity index (χ4v) is 1.50. The van der Waals surface area contributed by atoms with Gasteiger partial charge >= 0.3 is 11.9 Å². The second-order valence-corrected chi connectivity index (χ2v) is 4.05. The monoisotopic (exact) mass is 254 g/mol. The molecule has 0 aromatic carbocycles. The molecule has 102 valence electrons. The minimum atomic E-state index is -0.410. The quantitative estimate of drug-likeness (QED) is 0.469. The summed E-state index contributed by atoms with van der Waals surface area (Å²) in [5, 5.41) is 0. The van der Waals surface area contributed by atoms with Crippen molar-refractivity contribution >= 4 is 11.9 Å². The molecule has 0 saturated carbocycles. The third-order valence-corrected chi connectivity index (χ3v) is 2.53. The van der Waals surface area contributed by atoms with Crippen LogP contribution in [-0.4, -0.2) is 24.1 Å². The summed E-state index contributed by atoms with van der Waals surface area (Å²) in [7, 11) is 0. The van der Waals surface area contributed by atoms with Gasteiger partial charge in [-0.05, 0) is 32.6 Å². The van der Waals surface area contributed by atoms with Crippen molar-refractivity contribution in [2.45, 2.75) is 51.7 Å². The Hall–Kier alpha value is -1.58. The van der Waals surface area contributed by atoms with Gasteiger partial charge in [-0.2, -0.15) is 0 Å². The second-order valence-electron chi connectivity index (χ2n) is 4.05. The van der Waals surface area contributed by atoms with Crippen LogP contribution < -0.4 is 0 Å². The summed E-state index contributed by atoms with van der Waals surface area (Å²) in [6.45, 7) is 10.5. The Balaban J connectivity index is 3.85. The van der Waals surface area contributed by atoms with E-state index in [1.165, 1.54) is 0 Å². The van der Waals surface area contributed by atoms with Crippen molar-refractivity contribution in [2.24, 2.45) is 0 Å². The first-order chi connectivity index (χ1) is 8.53. The van der Waals surface area contributed by atoms with Crippen LogP contribution in [0.15, 0.2) is 25.3 Å². The van der Waals surface area contributed by atoms with Crippen LogP contribution in [0.2, 0.25) is 0 Å². The highest BCUT2D eigenvalue weighted by atomic mass is 16.5. The van der Waals surface area contributed by atoms with Gasteiger partial charge in [0, 0.05) is 12.2 Å². The summed E-state index contributed by atoms with van der Waals surface area (Å²) in [6, 6.07) is 0. The van der Waals surface area contributed by atoms with Gasteiger partial charge in [0.15, 0.2) is 0 Å². The van der Waals surface area contributed by atoms with Gasteiger partial charge < -0.3 is 9.47 Å². The first-order valence-electron chi connectivity index (χ1n) is 6.19. The molecule has 0 fully saturated rings. The number of rotatable bonds is 9. The molecule has 0 saturated heterocycles. The van der Waals surface area contributed by atoms with Crippen molar-refractivity contribution in [2.75, 3.05) is 0 Å². The van der Waals surface area contributed by atoms with Crippen LogP contribution in [0.4, 0.5) is 0 Å². The number of carbonyl (C=O) groups is 2. The predicted octanol–water partition coefficient (Wildman–Crippen LogP) is 2.78. The predicted molar refractivity (Wildman–Crippen MR) is 70.0 cm³/mol. The third kappa shape index (κ3) is 7.65. The molecule has 0 rings (SSSR count). The van der Waals surface area contributed by atoms with E-state index in [0.29, 0.717) is 0 Å². The number of hydrogen-bond donors (Lipinski definition) is 0. The van der Waals surface area contributed by atoms with E-state index < -0.39 is 11.9 Å². The zero-order chi connectivity index (χ0) is 14.0. The zero-order valence-corrected chi connectivity index (χ0v) is 11.2. The van der Waals surface area contributed by atoms with Crippen molar-refractivity contribution in [3.63, 3.8) is 0 Å². The average molecular weight is 254 g/mol. The molecule has 0 heterocycles. The molecule has 0 aromatic rings. The Kier molecular flexibility index (Phi) is 8.62. The fraction of sp³-hybridized carbons (Fsp3) is 0.571. The summed E-state index contributed by atoms with van der Waals surface area (Å²) in [5.74, 6) is -0.805. The van der Waals surface area contributed by atoms with E-state index in [2.05, 4.69) is 13.2 Å². The molecule has 2 atom stereocenters. The maximum atomic E-state index is 11.0. The first-order valence-corrected chi connectivity index (χ1v) is 6.19. The van der Waals surface area contributed by atoms with E-state index in [9.17, 15) is 9.59 Å². The van der Waals surface area contributed by atoms with E-state index in [1.807, 2.05) is 13.8 Å². The molecule has 4 heteroatoms. The molecule has 18 heavy (non-hydrogen) atoms. The Morgan fingerprint density at radius 3 is 2.17 bits per heavy atom. The minimum absolute atomic E-state index is 0.0993. The van der Waals surface area contributed by atoms with Gasteiger partial charge in [0.05, 0.1) is 6.10 Å². The van der Waals surface area contributed by atoms with E-state index >= 15 is 0 Å². The Bertz CT molecular complexity index is 296. The zero-order valence-electron chi connectivity index (χ0n) is 11.2. The highest BCUT2D eigenvalue weighted by molar-refractivity contribution is 5.81. The SMILES string of the molecule is C=CC(=O)OC(C)CCCC(CC)OC(=O)C=C. The largest absolute Gasteiger partial charge is 0.460 e. The van der Waals surface area contributed by atoms with Gasteiger partial charge in [-0.1, -0.05) is 20.1 Å². The van der Waals surface area contributed by atoms with Crippen LogP contribution in [0.1, 0.15) is 39.5 Å². The number of esters is 2. The van der Waals surface area contributed by atoms with Gasteiger partial charge in [0.25, 0.3) is 0 Å². The van der Waals surface area contributed by atoms with Crippen LogP contribution in [-0.2, 0) is 19.1 Å². The number of carbonyl (C=O) groups excluding carboxylic acids is 2. The Morgan fingerprint density at radius 1 is 1.11 bits per heavy atom. The first kappa shape index (κ1) is 16.4. The molecule has 4 nitrogen and oxygen atoms in total. The number of hydrogen-bond acceptors (Lipinski definition) is 4. The van der Waals surface area contributed by atoms with Crippen molar-refractivity contribution in [3.8, 4) is 0 Å². The highest BCUT2D eigenvalue weighted by Gasteiger charge is 2.12. The maximum absolute atomic E-state index is 11.0. The van der Waals surface area contributed by atoms with Gasteiger partial charge in [-0.25, -0.2) is 9.59 Å². The molecular formula is C14H22O4. The Labute approximate surface area is 109 Å². The summed E-state index contributed by atoms with van der Waals surface area (Å²) in [5.41, 5.74) is 0. The van der Waals surface area contributed by atoms with Gasteiger partial charge in [-0.3, -0.25) is 0 Å². The van der Waals surface area contributed by atoms with Crippen molar-refractivity contribution in [1.82, 2.24) is 0 Å². The highest BCUT2D eigenvalue weighted by Crippen LogP contribution is 2.12. The van der Waals surface area contributed by atoms with E-state index in [4.69, 9.17) is 9.47 Å². The normalized spacial score (nSPS) is 13.2. The van der Waals surface area contributed by atoms with E-state index in [-0.39, 0.29) is 12.2 Å². The summed E-state index contributed by atoms with van der Waals surface area (Å²) in [6.07, 6.45) is 5.15. The molecule has 0 aliphatic heterocycles. The molecule has 0 aliphatic rings. The summed E-state index contributed by atoms with van der Waals surface area (Å²) >= 11 is 0. The van der Waals surface area contributed by atoms with Gasteiger partial charge in [0.2, 0.25) is 0 Å². The lowest BCUT2D eigenvalue weighted by atomic mass is 10.1. The molecule has 0 N–H and O–H groups in total. The Morgan fingerprint density at radius 2 is 1.67 bits per heavy atom. The van der Waals surface area contributed by atoms with Gasteiger partial charge in [0.1, 0.15) is 6.10 Å². The molecule has 2 unspecified atom stereocenters. The molecule has 0 spiro atoms. The van der Waals surface area contributed by atoms with Crippen molar-refractivity contribution in [1.29, 1.82) is 0 Å².